The Morgan fingerprint density at radius 1 is 1.21 bits per heavy atom. The lowest BCUT2D eigenvalue weighted by molar-refractivity contribution is 0.0485. The summed E-state index contributed by atoms with van der Waals surface area (Å²) in [5, 5.41) is 3.70. The Bertz CT molecular complexity index is 380. The van der Waals surface area contributed by atoms with Gasteiger partial charge in [0.2, 0.25) is 0 Å². The van der Waals surface area contributed by atoms with Crippen LogP contribution in [-0.4, -0.2) is 30.1 Å². The van der Waals surface area contributed by atoms with Gasteiger partial charge in [-0.3, -0.25) is 4.90 Å². The molecule has 1 aliphatic rings. The van der Waals surface area contributed by atoms with Gasteiger partial charge in [0.15, 0.2) is 0 Å². The molecular weight excluding hydrogens is 232 g/mol. The first kappa shape index (κ1) is 14.5. The minimum absolute atomic E-state index is 0.320. The van der Waals surface area contributed by atoms with Crippen LogP contribution in [0, 0.1) is 5.41 Å². The Hall–Kier alpha value is -0.860. The van der Waals surface area contributed by atoms with Gasteiger partial charge in [-0.1, -0.05) is 58.0 Å². The summed E-state index contributed by atoms with van der Waals surface area (Å²) in [4.78, 5) is 2.67. The third-order valence-electron chi connectivity index (χ3n) is 4.22. The molecular formula is C17H28N2. The fourth-order valence-corrected chi connectivity index (χ4v) is 3.00. The zero-order valence-corrected chi connectivity index (χ0v) is 12.8. The Morgan fingerprint density at radius 2 is 1.89 bits per heavy atom. The van der Waals surface area contributed by atoms with Crippen LogP contribution in [0.25, 0.3) is 0 Å². The Labute approximate surface area is 118 Å². The molecule has 2 nitrogen and oxygen atoms in total. The molecule has 106 valence electrons. The Morgan fingerprint density at radius 3 is 2.47 bits per heavy atom. The summed E-state index contributed by atoms with van der Waals surface area (Å²) in [6.45, 7) is 12.7. The van der Waals surface area contributed by atoms with Crippen molar-refractivity contribution in [1.29, 1.82) is 0 Å². The van der Waals surface area contributed by atoms with E-state index in [2.05, 4.69) is 68.2 Å². The van der Waals surface area contributed by atoms with Crippen molar-refractivity contribution in [1.82, 2.24) is 10.2 Å². The largest absolute Gasteiger partial charge is 0.311 e. The van der Waals surface area contributed by atoms with Crippen molar-refractivity contribution in [2.24, 2.45) is 5.41 Å². The van der Waals surface area contributed by atoms with Gasteiger partial charge in [0.1, 0.15) is 0 Å². The van der Waals surface area contributed by atoms with Gasteiger partial charge in [0.05, 0.1) is 0 Å². The SMILES string of the molecule is CCC1CN(Cc2ccccc2)C(C(C)(C)C)CN1. The fourth-order valence-electron chi connectivity index (χ4n) is 3.00. The quantitative estimate of drug-likeness (QED) is 0.897. The normalized spacial score (nSPS) is 25.5. The van der Waals surface area contributed by atoms with Crippen molar-refractivity contribution in [3.8, 4) is 0 Å². The lowest BCUT2D eigenvalue weighted by Crippen LogP contribution is -2.59. The summed E-state index contributed by atoms with van der Waals surface area (Å²) in [5.41, 5.74) is 1.74. The highest BCUT2D eigenvalue weighted by atomic mass is 15.2. The first-order valence-electron chi connectivity index (χ1n) is 7.52. The van der Waals surface area contributed by atoms with E-state index in [1.165, 1.54) is 12.0 Å². The summed E-state index contributed by atoms with van der Waals surface area (Å²) in [7, 11) is 0. The number of nitrogens with zero attached hydrogens (tertiary/aromatic N) is 1. The second kappa shape index (κ2) is 6.06. The molecule has 0 radical (unpaired) electrons. The average Bonchev–Trinajstić information content (AvgIpc) is 2.38. The molecule has 1 saturated heterocycles. The molecule has 1 heterocycles. The molecule has 2 unspecified atom stereocenters. The molecule has 2 heteroatoms. The predicted molar refractivity (Wildman–Crippen MR) is 82.2 cm³/mol. The predicted octanol–water partition coefficient (Wildman–Crippen LogP) is 3.29. The summed E-state index contributed by atoms with van der Waals surface area (Å²) in [5.74, 6) is 0. The Kier molecular flexibility index (Phi) is 4.64. The molecule has 0 saturated carbocycles. The first-order valence-corrected chi connectivity index (χ1v) is 7.52. The van der Waals surface area contributed by atoms with Gasteiger partial charge < -0.3 is 5.32 Å². The van der Waals surface area contributed by atoms with Crippen molar-refractivity contribution >= 4 is 0 Å². The van der Waals surface area contributed by atoms with Crippen LogP contribution in [0.2, 0.25) is 0 Å². The highest BCUT2D eigenvalue weighted by molar-refractivity contribution is 5.15. The van der Waals surface area contributed by atoms with Gasteiger partial charge in [0, 0.05) is 31.7 Å². The fraction of sp³-hybridized carbons (Fsp3) is 0.647. The van der Waals surface area contributed by atoms with Crippen molar-refractivity contribution < 1.29 is 0 Å². The van der Waals surface area contributed by atoms with Crippen LogP contribution in [0.15, 0.2) is 30.3 Å². The second-order valence-corrected chi connectivity index (χ2v) is 6.81. The van der Waals surface area contributed by atoms with Gasteiger partial charge in [0.25, 0.3) is 0 Å². The number of benzene rings is 1. The van der Waals surface area contributed by atoms with Crippen molar-refractivity contribution in [3.05, 3.63) is 35.9 Å². The van der Waals surface area contributed by atoms with E-state index in [0.717, 1.165) is 19.6 Å². The van der Waals surface area contributed by atoms with Gasteiger partial charge in [-0.25, -0.2) is 0 Å². The molecule has 1 N–H and O–H groups in total. The van der Waals surface area contributed by atoms with Crippen LogP contribution < -0.4 is 5.32 Å². The second-order valence-electron chi connectivity index (χ2n) is 6.81. The smallest absolute Gasteiger partial charge is 0.0273 e. The highest BCUT2D eigenvalue weighted by Crippen LogP contribution is 2.28. The number of hydrogen-bond acceptors (Lipinski definition) is 2. The maximum atomic E-state index is 3.70. The number of hydrogen-bond donors (Lipinski definition) is 1. The zero-order chi connectivity index (χ0) is 13.9. The van der Waals surface area contributed by atoms with E-state index in [4.69, 9.17) is 0 Å². The van der Waals surface area contributed by atoms with E-state index in [0.29, 0.717) is 17.5 Å². The van der Waals surface area contributed by atoms with Crippen molar-refractivity contribution in [3.63, 3.8) is 0 Å². The molecule has 1 aliphatic heterocycles. The third kappa shape index (κ3) is 3.80. The molecule has 19 heavy (non-hydrogen) atoms. The van der Waals surface area contributed by atoms with E-state index in [-0.39, 0.29) is 0 Å². The van der Waals surface area contributed by atoms with Gasteiger partial charge >= 0.3 is 0 Å². The Balaban J connectivity index is 2.11. The lowest BCUT2D eigenvalue weighted by Gasteiger charge is -2.46. The van der Waals surface area contributed by atoms with Crippen LogP contribution in [-0.2, 0) is 6.54 Å². The van der Waals surface area contributed by atoms with Gasteiger partial charge in [-0.05, 0) is 17.4 Å². The molecule has 0 spiro atoms. The van der Waals surface area contributed by atoms with E-state index < -0.39 is 0 Å². The molecule has 1 aromatic rings. The third-order valence-corrected chi connectivity index (χ3v) is 4.22. The number of nitrogens with one attached hydrogen (secondary N) is 1. The molecule has 2 atom stereocenters. The summed E-state index contributed by atoms with van der Waals surface area (Å²) < 4.78 is 0. The van der Waals surface area contributed by atoms with E-state index in [9.17, 15) is 0 Å². The molecule has 0 bridgehead atoms. The molecule has 1 aromatic carbocycles. The van der Waals surface area contributed by atoms with Crippen LogP contribution in [0.3, 0.4) is 0 Å². The molecule has 0 amide bonds. The summed E-state index contributed by atoms with van der Waals surface area (Å²) in [6.07, 6.45) is 1.21. The monoisotopic (exact) mass is 260 g/mol. The van der Waals surface area contributed by atoms with Crippen molar-refractivity contribution in [2.45, 2.75) is 52.7 Å². The van der Waals surface area contributed by atoms with Gasteiger partial charge in [-0.2, -0.15) is 0 Å². The standard InChI is InChI=1S/C17H28N2/c1-5-15-13-19(12-14-9-7-6-8-10-14)16(11-18-15)17(2,3)4/h6-10,15-16,18H,5,11-13H2,1-4H3. The van der Waals surface area contributed by atoms with Crippen LogP contribution >= 0.6 is 0 Å². The maximum absolute atomic E-state index is 3.70. The first-order chi connectivity index (χ1) is 9.00. The number of piperazine rings is 1. The molecule has 0 aromatic heterocycles. The van der Waals surface area contributed by atoms with Crippen LogP contribution in [0.5, 0.6) is 0 Å². The molecule has 0 aliphatic carbocycles. The van der Waals surface area contributed by atoms with Crippen LogP contribution in [0.4, 0.5) is 0 Å². The lowest BCUT2D eigenvalue weighted by atomic mass is 9.83. The van der Waals surface area contributed by atoms with E-state index >= 15 is 0 Å². The topological polar surface area (TPSA) is 15.3 Å². The minimum Gasteiger partial charge on any atom is -0.311 e. The molecule has 2 rings (SSSR count). The maximum Gasteiger partial charge on any atom is 0.0273 e. The highest BCUT2D eigenvalue weighted by Gasteiger charge is 2.34. The van der Waals surface area contributed by atoms with Crippen LogP contribution in [0.1, 0.15) is 39.7 Å². The molecule has 1 fully saturated rings. The average molecular weight is 260 g/mol. The van der Waals surface area contributed by atoms with E-state index in [1.54, 1.807) is 0 Å². The number of rotatable bonds is 3. The van der Waals surface area contributed by atoms with Crippen molar-refractivity contribution in [2.75, 3.05) is 13.1 Å². The van der Waals surface area contributed by atoms with E-state index in [1.807, 2.05) is 0 Å². The summed E-state index contributed by atoms with van der Waals surface area (Å²) >= 11 is 0. The summed E-state index contributed by atoms with van der Waals surface area (Å²) in [6, 6.07) is 12.1. The van der Waals surface area contributed by atoms with Gasteiger partial charge in [-0.15, -0.1) is 0 Å². The minimum atomic E-state index is 0.320. The zero-order valence-electron chi connectivity index (χ0n) is 12.8.